The summed E-state index contributed by atoms with van der Waals surface area (Å²) in [5.41, 5.74) is 0.796. The Balaban J connectivity index is 3.22. The van der Waals surface area contributed by atoms with E-state index < -0.39 is 10.0 Å². The summed E-state index contributed by atoms with van der Waals surface area (Å²) in [6.45, 7) is 1.78. The molecule has 0 aliphatic carbocycles. The Kier molecular flexibility index (Phi) is 2.31. The number of thiophene rings is 1. The maximum atomic E-state index is 11.2. The first kappa shape index (κ1) is 8.70. The molecule has 0 saturated carbocycles. The highest BCUT2D eigenvalue weighted by molar-refractivity contribution is 7.91. The van der Waals surface area contributed by atoms with Crippen LogP contribution in [0, 0.1) is 6.92 Å². The fraction of sp³-hybridized carbons (Fsp3) is 0.333. The van der Waals surface area contributed by atoms with Crippen molar-refractivity contribution in [3.8, 4) is 0 Å². The Bertz CT molecular complexity index is 339. The van der Waals surface area contributed by atoms with E-state index >= 15 is 0 Å². The maximum Gasteiger partial charge on any atom is 0.250 e. The lowest BCUT2D eigenvalue weighted by atomic mass is 10.4. The van der Waals surface area contributed by atoms with Gasteiger partial charge in [0.1, 0.15) is 4.21 Å². The second-order valence-corrected chi connectivity index (χ2v) is 5.10. The van der Waals surface area contributed by atoms with Crippen molar-refractivity contribution in [3.05, 3.63) is 17.0 Å². The highest BCUT2D eigenvalue weighted by Gasteiger charge is 2.14. The lowest BCUT2D eigenvalue weighted by molar-refractivity contribution is 0.590. The fourth-order valence-corrected chi connectivity index (χ4v) is 2.98. The molecule has 11 heavy (non-hydrogen) atoms. The smallest absolute Gasteiger partial charge is 0.214 e. The average Bonchev–Trinajstić information content (AvgIpc) is 2.36. The SMILES string of the molecule is CNS(=O)(=O)c1sccc1C. The van der Waals surface area contributed by atoms with Crippen molar-refractivity contribution in [1.82, 2.24) is 4.72 Å². The molecule has 0 bridgehead atoms. The van der Waals surface area contributed by atoms with E-state index in [0.717, 1.165) is 5.56 Å². The summed E-state index contributed by atoms with van der Waals surface area (Å²) in [5.74, 6) is 0. The maximum absolute atomic E-state index is 11.2. The van der Waals surface area contributed by atoms with Crippen LogP contribution in [0.1, 0.15) is 5.56 Å². The van der Waals surface area contributed by atoms with Gasteiger partial charge in [0.2, 0.25) is 10.0 Å². The van der Waals surface area contributed by atoms with E-state index in [4.69, 9.17) is 0 Å². The Labute approximate surface area is 70.1 Å². The molecule has 0 fully saturated rings. The molecule has 0 saturated heterocycles. The van der Waals surface area contributed by atoms with Gasteiger partial charge in [-0.25, -0.2) is 13.1 Å². The van der Waals surface area contributed by atoms with Gasteiger partial charge in [-0.1, -0.05) is 0 Å². The fourth-order valence-electron chi connectivity index (χ4n) is 0.727. The van der Waals surface area contributed by atoms with Crippen molar-refractivity contribution in [1.29, 1.82) is 0 Å². The molecule has 0 aliphatic rings. The Morgan fingerprint density at radius 3 is 2.55 bits per heavy atom. The van der Waals surface area contributed by atoms with Gasteiger partial charge in [0.15, 0.2) is 0 Å². The number of aryl methyl sites for hydroxylation is 1. The van der Waals surface area contributed by atoms with Gasteiger partial charge in [0.25, 0.3) is 0 Å². The Hall–Kier alpha value is -0.390. The van der Waals surface area contributed by atoms with E-state index in [9.17, 15) is 8.42 Å². The van der Waals surface area contributed by atoms with Crippen LogP contribution in [-0.4, -0.2) is 15.5 Å². The van der Waals surface area contributed by atoms with Crippen molar-refractivity contribution in [2.24, 2.45) is 0 Å². The molecular formula is C6H9NO2S2. The van der Waals surface area contributed by atoms with Crippen LogP contribution in [0.25, 0.3) is 0 Å². The second-order valence-electron chi connectivity index (χ2n) is 2.10. The van der Waals surface area contributed by atoms with Crippen LogP contribution in [0.4, 0.5) is 0 Å². The molecule has 1 heterocycles. The third-order valence-corrected chi connectivity index (χ3v) is 4.43. The Morgan fingerprint density at radius 1 is 1.55 bits per heavy atom. The summed E-state index contributed by atoms with van der Waals surface area (Å²) < 4.78 is 25.0. The Morgan fingerprint density at radius 2 is 2.18 bits per heavy atom. The molecule has 0 amide bonds. The number of hydrogen-bond donors (Lipinski definition) is 1. The third-order valence-electron chi connectivity index (χ3n) is 1.33. The molecule has 1 aromatic heterocycles. The minimum Gasteiger partial charge on any atom is -0.214 e. The molecule has 0 aliphatic heterocycles. The predicted molar refractivity (Wildman–Crippen MR) is 45.3 cm³/mol. The van der Waals surface area contributed by atoms with Gasteiger partial charge in [-0.05, 0) is 31.0 Å². The van der Waals surface area contributed by atoms with Gasteiger partial charge in [0.05, 0.1) is 0 Å². The lowest BCUT2D eigenvalue weighted by Crippen LogP contribution is -2.17. The molecular weight excluding hydrogens is 182 g/mol. The van der Waals surface area contributed by atoms with E-state index in [-0.39, 0.29) is 0 Å². The normalized spacial score (nSPS) is 11.8. The number of sulfonamides is 1. The first-order valence-corrected chi connectivity index (χ1v) is 5.42. The van der Waals surface area contributed by atoms with Gasteiger partial charge >= 0.3 is 0 Å². The molecule has 3 nitrogen and oxygen atoms in total. The summed E-state index contributed by atoms with van der Waals surface area (Å²) in [7, 11) is -1.81. The van der Waals surface area contributed by atoms with Crippen LogP contribution in [0.2, 0.25) is 0 Å². The number of rotatable bonds is 2. The van der Waals surface area contributed by atoms with Crippen molar-refractivity contribution in [2.45, 2.75) is 11.1 Å². The minimum atomic E-state index is -3.22. The highest BCUT2D eigenvalue weighted by atomic mass is 32.2. The molecule has 0 unspecified atom stereocenters. The number of nitrogens with one attached hydrogen (secondary N) is 1. The lowest BCUT2D eigenvalue weighted by Gasteiger charge is -1.98. The largest absolute Gasteiger partial charge is 0.250 e. The molecule has 1 N–H and O–H groups in total. The summed E-state index contributed by atoms with van der Waals surface area (Å²) in [6.07, 6.45) is 0. The quantitative estimate of drug-likeness (QED) is 0.757. The highest BCUT2D eigenvalue weighted by Crippen LogP contribution is 2.20. The average molecular weight is 191 g/mol. The van der Waals surface area contributed by atoms with Crippen LogP contribution in [0.5, 0.6) is 0 Å². The van der Waals surface area contributed by atoms with Crippen LogP contribution < -0.4 is 4.72 Å². The molecule has 0 aromatic carbocycles. The third kappa shape index (κ3) is 1.61. The van der Waals surface area contributed by atoms with Gasteiger partial charge in [-0.2, -0.15) is 0 Å². The summed E-state index contributed by atoms with van der Waals surface area (Å²) in [5, 5.41) is 1.76. The number of hydrogen-bond acceptors (Lipinski definition) is 3. The summed E-state index contributed by atoms with van der Waals surface area (Å²) in [6, 6.07) is 1.79. The van der Waals surface area contributed by atoms with Crippen molar-refractivity contribution in [3.63, 3.8) is 0 Å². The van der Waals surface area contributed by atoms with Crippen LogP contribution >= 0.6 is 11.3 Å². The monoisotopic (exact) mass is 191 g/mol. The van der Waals surface area contributed by atoms with Gasteiger partial charge in [0, 0.05) is 0 Å². The van der Waals surface area contributed by atoms with E-state index in [0.29, 0.717) is 4.21 Å². The van der Waals surface area contributed by atoms with E-state index in [1.54, 1.807) is 18.4 Å². The van der Waals surface area contributed by atoms with Crippen LogP contribution in [-0.2, 0) is 10.0 Å². The van der Waals surface area contributed by atoms with E-state index in [1.165, 1.54) is 18.4 Å². The predicted octanol–water partition coefficient (Wildman–Crippen LogP) is 0.965. The zero-order valence-corrected chi connectivity index (χ0v) is 7.92. The molecule has 1 aromatic rings. The van der Waals surface area contributed by atoms with Crippen molar-refractivity contribution >= 4 is 21.4 Å². The van der Waals surface area contributed by atoms with Crippen LogP contribution in [0.3, 0.4) is 0 Å². The first-order chi connectivity index (χ1) is 5.08. The molecule has 0 atom stereocenters. The van der Waals surface area contributed by atoms with Gasteiger partial charge < -0.3 is 0 Å². The molecule has 5 heteroatoms. The summed E-state index contributed by atoms with van der Waals surface area (Å²) in [4.78, 5) is 0. The van der Waals surface area contributed by atoms with Crippen LogP contribution in [0.15, 0.2) is 15.7 Å². The second kappa shape index (κ2) is 2.92. The molecule has 0 spiro atoms. The topological polar surface area (TPSA) is 46.2 Å². The zero-order valence-electron chi connectivity index (χ0n) is 6.29. The molecule has 62 valence electrons. The van der Waals surface area contributed by atoms with Crippen molar-refractivity contribution < 1.29 is 8.42 Å². The van der Waals surface area contributed by atoms with E-state index in [2.05, 4.69) is 4.72 Å². The standard InChI is InChI=1S/C6H9NO2S2/c1-5-3-4-10-6(5)11(8,9)7-2/h3-4,7H,1-2H3. The van der Waals surface area contributed by atoms with Gasteiger partial charge in [-0.15, -0.1) is 11.3 Å². The zero-order chi connectivity index (χ0) is 8.48. The molecule has 1 rings (SSSR count). The van der Waals surface area contributed by atoms with E-state index in [1.807, 2.05) is 0 Å². The molecule has 0 radical (unpaired) electrons. The minimum absolute atomic E-state index is 0.403. The first-order valence-electron chi connectivity index (χ1n) is 3.05. The summed E-state index contributed by atoms with van der Waals surface area (Å²) >= 11 is 1.23. The van der Waals surface area contributed by atoms with Crippen molar-refractivity contribution in [2.75, 3.05) is 7.05 Å². The van der Waals surface area contributed by atoms with Gasteiger partial charge in [-0.3, -0.25) is 0 Å².